The van der Waals surface area contributed by atoms with Crippen LogP contribution in [0.15, 0.2) is 17.8 Å². The van der Waals surface area contributed by atoms with Crippen molar-refractivity contribution in [2.75, 3.05) is 6.54 Å². The minimum atomic E-state index is -0.0573. The van der Waals surface area contributed by atoms with E-state index >= 15 is 0 Å². The molecule has 1 aromatic heterocycles. The summed E-state index contributed by atoms with van der Waals surface area (Å²) in [7, 11) is 1.97. The van der Waals surface area contributed by atoms with Gasteiger partial charge < -0.3 is 10.6 Å². The number of nitrogens with zero attached hydrogens (tertiary/aromatic N) is 2. The van der Waals surface area contributed by atoms with E-state index < -0.39 is 0 Å². The molecule has 1 atom stereocenters. The molecule has 0 aliphatic heterocycles. The maximum Gasteiger partial charge on any atom is 0.315 e. The lowest BCUT2D eigenvalue weighted by atomic mass is 9.93. The molecule has 5 nitrogen and oxygen atoms in total. The zero-order valence-corrected chi connectivity index (χ0v) is 13.4. The molecule has 1 aromatic rings. The van der Waals surface area contributed by atoms with Crippen LogP contribution in [0.1, 0.15) is 62.2 Å². The highest BCUT2D eigenvalue weighted by Crippen LogP contribution is 2.28. The smallest absolute Gasteiger partial charge is 0.315 e. The number of urea groups is 1. The minimum absolute atomic E-state index is 0.0573. The fraction of sp³-hybridized carbons (Fsp3) is 0.647. The molecular weight excluding hydrogens is 276 g/mol. The van der Waals surface area contributed by atoms with Crippen molar-refractivity contribution in [1.29, 1.82) is 0 Å². The van der Waals surface area contributed by atoms with Crippen molar-refractivity contribution in [3.05, 3.63) is 29.1 Å². The van der Waals surface area contributed by atoms with Gasteiger partial charge in [-0.25, -0.2) is 4.79 Å². The third kappa shape index (κ3) is 3.51. The monoisotopic (exact) mass is 302 g/mol. The lowest BCUT2D eigenvalue weighted by molar-refractivity contribution is 0.235. The molecule has 2 amide bonds. The fourth-order valence-electron chi connectivity index (χ4n) is 3.53. The van der Waals surface area contributed by atoms with Crippen molar-refractivity contribution in [2.45, 2.75) is 57.4 Å². The Morgan fingerprint density at radius 3 is 3.09 bits per heavy atom. The third-order valence-electron chi connectivity index (χ3n) is 4.80. The van der Waals surface area contributed by atoms with Gasteiger partial charge in [0.2, 0.25) is 0 Å². The van der Waals surface area contributed by atoms with Gasteiger partial charge in [-0.1, -0.05) is 11.6 Å². The van der Waals surface area contributed by atoms with Gasteiger partial charge in [-0.3, -0.25) is 4.68 Å². The number of rotatable bonds is 4. The van der Waals surface area contributed by atoms with Crippen LogP contribution in [0.4, 0.5) is 4.79 Å². The predicted octanol–water partition coefficient (Wildman–Crippen LogP) is 2.99. The summed E-state index contributed by atoms with van der Waals surface area (Å²) in [6.45, 7) is 0.726. The number of allylic oxidation sites excluding steroid dienone is 1. The average molecular weight is 302 g/mol. The molecular formula is C17H26N4O. The zero-order chi connectivity index (χ0) is 15.4. The van der Waals surface area contributed by atoms with E-state index in [4.69, 9.17) is 0 Å². The highest BCUT2D eigenvalue weighted by Gasteiger charge is 2.24. The second kappa shape index (κ2) is 6.99. The highest BCUT2D eigenvalue weighted by molar-refractivity contribution is 5.74. The molecule has 0 spiro atoms. The van der Waals surface area contributed by atoms with Crippen LogP contribution in [-0.2, 0) is 13.5 Å². The van der Waals surface area contributed by atoms with E-state index in [9.17, 15) is 4.79 Å². The molecule has 120 valence electrons. The summed E-state index contributed by atoms with van der Waals surface area (Å²) in [6.07, 6.45) is 13.4. The van der Waals surface area contributed by atoms with E-state index in [0.717, 1.165) is 32.2 Å². The summed E-state index contributed by atoms with van der Waals surface area (Å²) in [4.78, 5) is 12.1. The van der Waals surface area contributed by atoms with Crippen LogP contribution in [0.3, 0.4) is 0 Å². The lowest BCUT2D eigenvalue weighted by Crippen LogP contribution is -2.39. The molecule has 0 saturated heterocycles. The number of hydrogen-bond acceptors (Lipinski definition) is 2. The Kier molecular flexibility index (Phi) is 4.80. The Morgan fingerprint density at radius 1 is 1.36 bits per heavy atom. The standard InChI is InChI=1S/C17H26N4O/c1-21-16-9-5-8-15(14(16)12-19-21)20-17(22)18-11-10-13-6-3-2-4-7-13/h6,12,15H,2-5,7-11H2,1H3,(H2,18,20,22)/t15-/m0/s1. The molecule has 1 heterocycles. The van der Waals surface area contributed by atoms with Crippen molar-refractivity contribution >= 4 is 6.03 Å². The Morgan fingerprint density at radius 2 is 2.27 bits per heavy atom. The molecule has 5 heteroatoms. The van der Waals surface area contributed by atoms with Gasteiger partial charge in [0, 0.05) is 24.8 Å². The first-order chi connectivity index (χ1) is 10.7. The normalized spacial score (nSPS) is 21.0. The Hall–Kier alpha value is -1.78. The van der Waals surface area contributed by atoms with Crippen LogP contribution in [-0.4, -0.2) is 22.4 Å². The van der Waals surface area contributed by atoms with Gasteiger partial charge in [0.05, 0.1) is 12.2 Å². The molecule has 2 N–H and O–H groups in total. The quantitative estimate of drug-likeness (QED) is 0.840. The van der Waals surface area contributed by atoms with Gasteiger partial charge in [0.15, 0.2) is 0 Å². The molecule has 0 saturated carbocycles. The van der Waals surface area contributed by atoms with Crippen LogP contribution in [0.5, 0.6) is 0 Å². The number of carbonyl (C=O) groups excluding carboxylic acids is 1. The van der Waals surface area contributed by atoms with Crippen LogP contribution in [0, 0.1) is 0 Å². The van der Waals surface area contributed by atoms with Gasteiger partial charge in [-0.15, -0.1) is 0 Å². The molecule has 0 fully saturated rings. The SMILES string of the molecule is Cn1ncc2c1CCC[C@@H]2NC(=O)NCCC1=CCCCC1. The Labute approximate surface area is 132 Å². The van der Waals surface area contributed by atoms with Gasteiger partial charge in [-0.2, -0.15) is 5.10 Å². The van der Waals surface area contributed by atoms with E-state index in [1.54, 1.807) is 0 Å². The van der Waals surface area contributed by atoms with E-state index in [0.29, 0.717) is 0 Å². The Balaban J connectivity index is 1.47. The molecule has 3 rings (SSSR count). The lowest BCUT2D eigenvalue weighted by Gasteiger charge is -2.24. The largest absolute Gasteiger partial charge is 0.338 e. The summed E-state index contributed by atoms with van der Waals surface area (Å²) < 4.78 is 1.93. The summed E-state index contributed by atoms with van der Waals surface area (Å²) in [6, 6.07) is 0.0458. The zero-order valence-electron chi connectivity index (χ0n) is 13.4. The molecule has 2 aliphatic rings. The van der Waals surface area contributed by atoms with E-state index in [2.05, 4.69) is 21.8 Å². The number of carbonyl (C=O) groups is 1. The molecule has 0 unspecified atom stereocenters. The number of hydrogen-bond donors (Lipinski definition) is 2. The number of aryl methyl sites for hydroxylation is 1. The first kappa shape index (κ1) is 15.1. The predicted molar refractivity (Wildman–Crippen MR) is 86.6 cm³/mol. The number of fused-ring (bicyclic) bond motifs is 1. The molecule has 0 radical (unpaired) electrons. The molecule has 0 aromatic carbocycles. The van der Waals surface area contributed by atoms with Gasteiger partial charge >= 0.3 is 6.03 Å². The third-order valence-corrected chi connectivity index (χ3v) is 4.80. The van der Waals surface area contributed by atoms with Crippen molar-refractivity contribution in [2.24, 2.45) is 7.05 Å². The van der Waals surface area contributed by atoms with E-state index in [1.807, 2.05) is 17.9 Å². The fourth-order valence-corrected chi connectivity index (χ4v) is 3.53. The van der Waals surface area contributed by atoms with Crippen LogP contribution >= 0.6 is 0 Å². The summed E-state index contributed by atoms with van der Waals surface area (Å²) in [5.41, 5.74) is 3.93. The molecule has 2 aliphatic carbocycles. The van der Waals surface area contributed by atoms with Crippen LogP contribution in [0.2, 0.25) is 0 Å². The van der Waals surface area contributed by atoms with Crippen molar-refractivity contribution in [3.8, 4) is 0 Å². The molecule has 0 bridgehead atoms. The van der Waals surface area contributed by atoms with Gasteiger partial charge in [-0.05, 0) is 51.4 Å². The summed E-state index contributed by atoms with van der Waals surface area (Å²) in [5.74, 6) is 0. The number of nitrogens with one attached hydrogen (secondary N) is 2. The minimum Gasteiger partial charge on any atom is -0.338 e. The Bertz CT molecular complexity index is 561. The van der Waals surface area contributed by atoms with Crippen molar-refractivity contribution in [3.63, 3.8) is 0 Å². The van der Waals surface area contributed by atoms with Gasteiger partial charge in [0.25, 0.3) is 0 Å². The van der Waals surface area contributed by atoms with Crippen molar-refractivity contribution < 1.29 is 4.79 Å². The second-order valence-electron chi connectivity index (χ2n) is 6.37. The maximum atomic E-state index is 12.1. The van der Waals surface area contributed by atoms with Crippen LogP contribution < -0.4 is 10.6 Å². The molecule has 22 heavy (non-hydrogen) atoms. The van der Waals surface area contributed by atoms with E-state index in [-0.39, 0.29) is 12.1 Å². The summed E-state index contributed by atoms with van der Waals surface area (Å²) in [5, 5.41) is 10.4. The highest BCUT2D eigenvalue weighted by atomic mass is 16.2. The van der Waals surface area contributed by atoms with Crippen LogP contribution in [0.25, 0.3) is 0 Å². The average Bonchev–Trinajstić information content (AvgIpc) is 2.91. The summed E-state index contributed by atoms with van der Waals surface area (Å²) >= 11 is 0. The topological polar surface area (TPSA) is 59.0 Å². The van der Waals surface area contributed by atoms with E-state index in [1.165, 1.54) is 42.5 Å². The number of aromatic nitrogens is 2. The number of amides is 2. The van der Waals surface area contributed by atoms with Gasteiger partial charge in [0.1, 0.15) is 0 Å². The van der Waals surface area contributed by atoms with Crippen molar-refractivity contribution in [1.82, 2.24) is 20.4 Å². The first-order valence-corrected chi connectivity index (χ1v) is 8.47. The maximum absolute atomic E-state index is 12.1. The second-order valence-corrected chi connectivity index (χ2v) is 6.37. The first-order valence-electron chi connectivity index (χ1n) is 8.47.